The van der Waals surface area contributed by atoms with Crippen molar-refractivity contribution in [1.82, 2.24) is 20.0 Å². The molecule has 6 heteroatoms. The molecule has 2 aromatic rings. The van der Waals surface area contributed by atoms with E-state index in [9.17, 15) is 0 Å². The minimum Gasteiger partial charge on any atom is -0.425 e. The van der Waals surface area contributed by atoms with Gasteiger partial charge in [0.1, 0.15) is 0 Å². The van der Waals surface area contributed by atoms with Gasteiger partial charge in [-0.1, -0.05) is 6.92 Å². The molecule has 0 aliphatic carbocycles. The van der Waals surface area contributed by atoms with E-state index in [2.05, 4.69) is 31.2 Å². The first-order chi connectivity index (χ1) is 7.15. The zero-order chi connectivity index (χ0) is 10.8. The first-order valence-electron chi connectivity index (χ1n) is 4.63. The Morgan fingerprint density at radius 3 is 2.87 bits per heavy atom. The highest BCUT2D eigenvalue weighted by atomic mass is 79.9. The van der Waals surface area contributed by atoms with Crippen LogP contribution >= 0.6 is 15.9 Å². The van der Waals surface area contributed by atoms with Crippen LogP contribution in [0, 0.1) is 6.92 Å². The van der Waals surface area contributed by atoms with E-state index in [0.717, 1.165) is 11.0 Å². The van der Waals surface area contributed by atoms with Crippen LogP contribution < -0.4 is 0 Å². The highest BCUT2D eigenvalue weighted by Gasteiger charge is 2.13. The molecule has 0 aliphatic rings. The Balaban J connectivity index is 2.06. The second kappa shape index (κ2) is 4.14. The lowest BCUT2D eigenvalue weighted by atomic mass is 10.2. The van der Waals surface area contributed by atoms with Gasteiger partial charge in [-0.05, 0) is 15.9 Å². The predicted octanol–water partition coefficient (Wildman–Crippen LogP) is 2.14. The molecule has 15 heavy (non-hydrogen) atoms. The highest BCUT2D eigenvalue weighted by Crippen LogP contribution is 2.16. The average Bonchev–Trinajstić information content (AvgIpc) is 2.75. The zero-order valence-electron chi connectivity index (χ0n) is 8.51. The third-order valence-corrected chi connectivity index (χ3v) is 2.44. The molecule has 5 nitrogen and oxygen atoms in total. The fourth-order valence-corrected chi connectivity index (χ4v) is 1.64. The van der Waals surface area contributed by atoms with Crippen molar-refractivity contribution in [2.24, 2.45) is 0 Å². The topological polar surface area (TPSA) is 56.7 Å². The summed E-state index contributed by atoms with van der Waals surface area (Å²) in [6.07, 6.45) is 3.67. The zero-order valence-corrected chi connectivity index (χ0v) is 10.1. The van der Waals surface area contributed by atoms with Crippen LogP contribution in [0.3, 0.4) is 0 Å². The van der Waals surface area contributed by atoms with Crippen LogP contribution in [-0.2, 0) is 6.54 Å². The largest absolute Gasteiger partial charge is 0.425 e. The van der Waals surface area contributed by atoms with Gasteiger partial charge in [0, 0.05) is 13.1 Å². The van der Waals surface area contributed by atoms with Crippen molar-refractivity contribution >= 4 is 15.9 Å². The fourth-order valence-electron chi connectivity index (χ4n) is 1.31. The molecule has 0 aliphatic heterocycles. The monoisotopic (exact) mass is 270 g/mol. The lowest BCUT2D eigenvalue weighted by Crippen LogP contribution is -2.06. The van der Waals surface area contributed by atoms with Gasteiger partial charge in [-0.25, -0.2) is 0 Å². The quantitative estimate of drug-likeness (QED) is 0.858. The Morgan fingerprint density at radius 2 is 2.33 bits per heavy atom. The maximum atomic E-state index is 5.35. The Labute approximate surface area is 95.6 Å². The summed E-state index contributed by atoms with van der Waals surface area (Å²) in [7, 11) is 0. The minimum atomic E-state index is 0.165. The summed E-state index contributed by atoms with van der Waals surface area (Å²) >= 11 is 3.35. The van der Waals surface area contributed by atoms with Gasteiger partial charge in [0.15, 0.2) is 0 Å². The molecule has 1 atom stereocenters. The van der Waals surface area contributed by atoms with Crippen LogP contribution in [0.1, 0.15) is 24.6 Å². The van der Waals surface area contributed by atoms with Gasteiger partial charge in [0.25, 0.3) is 0 Å². The summed E-state index contributed by atoms with van der Waals surface area (Å²) in [5, 5.41) is 11.9. The van der Waals surface area contributed by atoms with Gasteiger partial charge < -0.3 is 4.42 Å². The number of nitrogens with zero attached hydrogens (tertiary/aromatic N) is 4. The second-order valence-corrected chi connectivity index (χ2v) is 4.36. The van der Waals surface area contributed by atoms with E-state index in [1.54, 1.807) is 13.1 Å². The van der Waals surface area contributed by atoms with Crippen LogP contribution in [0.2, 0.25) is 0 Å². The van der Waals surface area contributed by atoms with E-state index in [0.29, 0.717) is 11.8 Å². The van der Waals surface area contributed by atoms with Gasteiger partial charge in [-0.2, -0.15) is 5.10 Å². The van der Waals surface area contributed by atoms with Gasteiger partial charge in [0.05, 0.1) is 23.1 Å². The molecule has 0 radical (unpaired) electrons. The molecule has 0 aromatic carbocycles. The van der Waals surface area contributed by atoms with E-state index in [1.165, 1.54) is 0 Å². The Hall–Kier alpha value is -1.17. The molecule has 0 spiro atoms. The molecule has 2 rings (SSSR count). The number of aryl methyl sites for hydroxylation is 1. The first-order valence-corrected chi connectivity index (χ1v) is 5.42. The minimum absolute atomic E-state index is 0.165. The third-order valence-electron chi connectivity index (χ3n) is 2.03. The van der Waals surface area contributed by atoms with E-state index >= 15 is 0 Å². The van der Waals surface area contributed by atoms with E-state index in [1.807, 2.05) is 17.8 Å². The summed E-state index contributed by atoms with van der Waals surface area (Å²) in [4.78, 5) is 0. The summed E-state index contributed by atoms with van der Waals surface area (Å²) < 4.78 is 8.16. The van der Waals surface area contributed by atoms with E-state index in [-0.39, 0.29) is 5.92 Å². The lowest BCUT2D eigenvalue weighted by molar-refractivity contribution is 0.404. The number of rotatable bonds is 3. The Bertz CT molecular complexity index is 450. The van der Waals surface area contributed by atoms with Gasteiger partial charge in [-0.15, -0.1) is 10.2 Å². The van der Waals surface area contributed by atoms with Crippen LogP contribution in [0.25, 0.3) is 0 Å². The molecule has 0 fully saturated rings. The van der Waals surface area contributed by atoms with Gasteiger partial charge in [0.2, 0.25) is 11.8 Å². The second-order valence-electron chi connectivity index (χ2n) is 3.44. The Morgan fingerprint density at radius 1 is 1.53 bits per heavy atom. The Kier molecular flexibility index (Phi) is 2.86. The van der Waals surface area contributed by atoms with E-state index in [4.69, 9.17) is 4.42 Å². The number of hydrogen-bond acceptors (Lipinski definition) is 4. The lowest BCUT2D eigenvalue weighted by Gasteiger charge is -2.05. The van der Waals surface area contributed by atoms with Crippen molar-refractivity contribution in [3.05, 3.63) is 28.6 Å². The summed E-state index contributed by atoms with van der Waals surface area (Å²) in [6, 6.07) is 0. The average molecular weight is 271 g/mol. The molecule has 0 N–H and O–H groups in total. The van der Waals surface area contributed by atoms with Gasteiger partial charge in [-0.3, -0.25) is 4.68 Å². The molecule has 0 saturated carbocycles. The molecule has 80 valence electrons. The van der Waals surface area contributed by atoms with E-state index < -0.39 is 0 Å². The van der Waals surface area contributed by atoms with Crippen LogP contribution in [0.15, 0.2) is 21.3 Å². The van der Waals surface area contributed by atoms with Crippen LogP contribution in [-0.4, -0.2) is 20.0 Å². The summed E-state index contributed by atoms with van der Waals surface area (Å²) in [5.74, 6) is 1.41. The molecular weight excluding hydrogens is 260 g/mol. The van der Waals surface area contributed by atoms with Crippen LogP contribution in [0.4, 0.5) is 0 Å². The maximum Gasteiger partial charge on any atom is 0.221 e. The molecule has 2 heterocycles. The van der Waals surface area contributed by atoms with Crippen molar-refractivity contribution in [2.75, 3.05) is 0 Å². The van der Waals surface area contributed by atoms with Gasteiger partial charge >= 0.3 is 0 Å². The van der Waals surface area contributed by atoms with Crippen LogP contribution in [0.5, 0.6) is 0 Å². The van der Waals surface area contributed by atoms with Crippen molar-refractivity contribution in [3.8, 4) is 0 Å². The normalized spacial score (nSPS) is 13.0. The SMILES string of the molecule is Cc1nnc(C(C)Cn2cc(Br)cn2)o1. The standard InChI is InChI=1S/C9H11BrN4O/c1-6(9-13-12-7(2)15-9)4-14-5-8(10)3-11-14/h3,5-6H,4H2,1-2H3. The molecule has 0 saturated heterocycles. The van der Waals surface area contributed by atoms with Crippen molar-refractivity contribution in [2.45, 2.75) is 26.3 Å². The predicted molar refractivity (Wildman–Crippen MR) is 57.4 cm³/mol. The number of aromatic nitrogens is 4. The first kappa shape index (κ1) is 10.4. The highest BCUT2D eigenvalue weighted by molar-refractivity contribution is 9.10. The summed E-state index contributed by atoms with van der Waals surface area (Å²) in [6.45, 7) is 4.55. The fraction of sp³-hybridized carbons (Fsp3) is 0.444. The molecule has 2 aromatic heterocycles. The molecule has 0 bridgehead atoms. The number of halogens is 1. The number of hydrogen-bond donors (Lipinski definition) is 0. The smallest absolute Gasteiger partial charge is 0.221 e. The third kappa shape index (κ3) is 2.44. The van der Waals surface area contributed by atoms with Crippen molar-refractivity contribution in [3.63, 3.8) is 0 Å². The van der Waals surface area contributed by atoms with Crippen molar-refractivity contribution < 1.29 is 4.42 Å². The molecule has 0 amide bonds. The molecule has 1 unspecified atom stereocenters. The van der Waals surface area contributed by atoms with Crippen molar-refractivity contribution in [1.29, 1.82) is 0 Å². The summed E-state index contributed by atoms with van der Waals surface area (Å²) in [5.41, 5.74) is 0. The maximum absolute atomic E-state index is 5.35. The molecular formula is C9H11BrN4O.